The van der Waals surface area contributed by atoms with E-state index in [1.54, 1.807) is 0 Å². The molecular formula is C24H36N4O6. The third-order valence-corrected chi connectivity index (χ3v) is 6.30. The van der Waals surface area contributed by atoms with Crippen LogP contribution in [-0.2, 0) is 25.6 Å². The molecule has 0 bridgehead atoms. The van der Waals surface area contributed by atoms with Crippen molar-refractivity contribution in [2.45, 2.75) is 76.7 Å². The van der Waals surface area contributed by atoms with Crippen molar-refractivity contribution < 1.29 is 29.4 Å². The van der Waals surface area contributed by atoms with E-state index >= 15 is 0 Å². The van der Waals surface area contributed by atoms with Gasteiger partial charge in [-0.3, -0.25) is 14.4 Å². The zero-order valence-corrected chi connectivity index (χ0v) is 19.9. The minimum atomic E-state index is -1.48. The highest BCUT2D eigenvalue weighted by atomic mass is 16.4. The lowest BCUT2D eigenvalue weighted by Gasteiger charge is -2.32. The Morgan fingerprint density at radius 1 is 1.12 bits per heavy atom. The van der Waals surface area contributed by atoms with Crippen LogP contribution in [0.4, 0.5) is 0 Å². The van der Waals surface area contributed by atoms with Crippen LogP contribution in [0.3, 0.4) is 0 Å². The summed E-state index contributed by atoms with van der Waals surface area (Å²) in [6, 6.07) is 5.25. The molecule has 188 valence electrons. The van der Waals surface area contributed by atoms with E-state index in [9.17, 15) is 29.4 Å². The molecule has 10 heteroatoms. The zero-order chi connectivity index (χ0) is 25.4. The first-order valence-electron chi connectivity index (χ1n) is 11.7. The standard InChI is InChI=1S/C24H36N4O6/c1-4-14(2)19(26-21(30)17(25)13-16-9-6-5-7-10-16)23(32)28-12-8-11-18(28)22(31)27-20(15(3)29)24(33)34/h5-7,9-10,14-15,17-20,29H,4,8,11-13,25H2,1-3H3,(H,26,30)(H,27,31)(H,33,34). The van der Waals surface area contributed by atoms with Crippen molar-refractivity contribution in [3.8, 4) is 0 Å². The van der Waals surface area contributed by atoms with Gasteiger partial charge in [0.05, 0.1) is 12.1 Å². The van der Waals surface area contributed by atoms with E-state index in [1.807, 2.05) is 44.2 Å². The Morgan fingerprint density at radius 2 is 1.76 bits per heavy atom. The van der Waals surface area contributed by atoms with Gasteiger partial charge in [0.25, 0.3) is 0 Å². The Morgan fingerprint density at radius 3 is 2.32 bits per heavy atom. The van der Waals surface area contributed by atoms with Gasteiger partial charge in [-0.1, -0.05) is 50.6 Å². The number of amides is 3. The van der Waals surface area contributed by atoms with Crippen LogP contribution in [0, 0.1) is 5.92 Å². The maximum atomic E-state index is 13.5. The minimum Gasteiger partial charge on any atom is -0.480 e. The summed E-state index contributed by atoms with van der Waals surface area (Å²) < 4.78 is 0. The first kappa shape index (κ1) is 27.3. The van der Waals surface area contributed by atoms with Crippen molar-refractivity contribution >= 4 is 23.7 Å². The highest BCUT2D eigenvalue weighted by Crippen LogP contribution is 2.22. The normalized spacial score (nSPS) is 20.0. The molecule has 0 saturated carbocycles. The third-order valence-electron chi connectivity index (χ3n) is 6.30. The Hall–Kier alpha value is -2.98. The van der Waals surface area contributed by atoms with Gasteiger partial charge in [-0.05, 0) is 37.7 Å². The van der Waals surface area contributed by atoms with Gasteiger partial charge >= 0.3 is 5.97 Å². The van der Waals surface area contributed by atoms with E-state index in [0.717, 1.165) is 5.56 Å². The van der Waals surface area contributed by atoms with Crippen molar-refractivity contribution in [1.82, 2.24) is 15.5 Å². The topological polar surface area (TPSA) is 162 Å². The summed E-state index contributed by atoms with van der Waals surface area (Å²) >= 11 is 0. The summed E-state index contributed by atoms with van der Waals surface area (Å²) in [5.74, 6) is -3.08. The second-order valence-corrected chi connectivity index (χ2v) is 8.92. The summed E-state index contributed by atoms with van der Waals surface area (Å²) in [6.07, 6.45) is 0.547. The summed E-state index contributed by atoms with van der Waals surface area (Å²) in [6.45, 7) is 5.31. The van der Waals surface area contributed by atoms with Crippen molar-refractivity contribution in [2.24, 2.45) is 11.7 Å². The Bertz CT molecular complexity index is 862. The Labute approximate surface area is 199 Å². The molecule has 0 radical (unpaired) electrons. The molecule has 3 amide bonds. The monoisotopic (exact) mass is 476 g/mol. The first-order chi connectivity index (χ1) is 16.1. The van der Waals surface area contributed by atoms with Crippen molar-refractivity contribution in [3.05, 3.63) is 35.9 Å². The van der Waals surface area contributed by atoms with Crippen LogP contribution in [0.15, 0.2) is 30.3 Å². The molecule has 2 rings (SSSR count). The number of nitrogens with one attached hydrogen (secondary N) is 2. The molecule has 0 aliphatic carbocycles. The van der Waals surface area contributed by atoms with Crippen LogP contribution in [0.1, 0.15) is 45.6 Å². The molecule has 6 unspecified atom stereocenters. The van der Waals surface area contributed by atoms with Crippen LogP contribution in [0.25, 0.3) is 0 Å². The molecule has 0 aromatic heterocycles. The van der Waals surface area contributed by atoms with Gasteiger partial charge in [0.1, 0.15) is 12.1 Å². The SMILES string of the molecule is CCC(C)C(NC(=O)C(N)Cc1ccccc1)C(=O)N1CCCC1C(=O)NC(C(=O)O)C(C)O. The number of carbonyl (C=O) groups excluding carboxylic acids is 3. The number of aliphatic hydroxyl groups is 1. The van der Waals surface area contributed by atoms with Gasteiger partial charge in [-0.15, -0.1) is 0 Å². The number of rotatable bonds is 11. The average molecular weight is 477 g/mol. The number of aliphatic hydroxyl groups excluding tert-OH is 1. The largest absolute Gasteiger partial charge is 0.480 e. The second-order valence-electron chi connectivity index (χ2n) is 8.92. The van der Waals surface area contributed by atoms with Crippen LogP contribution in [0.5, 0.6) is 0 Å². The number of likely N-dealkylation sites (tertiary alicyclic amines) is 1. The van der Waals surface area contributed by atoms with E-state index in [1.165, 1.54) is 11.8 Å². The van der Waals surface area contributed by atoms with Crippen LogP contribution in [-0.4, -0.2) is 75.6 Å². The number of hydrogen-bond donors (Lipinski definition) is 5. The second kappa shape index (κ2) is 12.5. The molecule has 6 N–H and O–H groups in total. The molecule has 1 aliphatic heterocycles. The fourth-order valence-electron chi connectivity index (χ4n) is 4.02. The number of nitrogens with zero attached hydrogens (tertiary/aromatic N) is 1. The van der Waals surface area contributed by atoms with Gasteiger partial charge in [0.15, 0.2) is 6.04 Å². The molecule has 1 saturated heterocycles. The van der Waals surface area contributed by atoms with Crippen LogP contribution in [0.2, 0.25) is 0 Å². The molecular weight excluding hydrogens is 440 g/mol. The summed E-state index contributed by atoms with van der Waals surface area (Å²) in [7, 11) is 0. The van der Waals surface area contributed by atoms with Gasteiger partial charge in [-0.25, -0.2) is 4.79 Å². The average Bonchev–Trinajstić information content (AvgIpc) is 3.30. The van der Waals surface area contributed by atoms with Gasteiger partial charge in [0.2, 0.25) is 17.7 Å². The van der Waals surface area contributed by atoms with E-state index in [4.69, 9.17) is 5.73 Å². The lowest BCUT2D eigenvalue weighted by atomic mass is 9.96. The van der Waals surface area contributed by atoms with E-state index < -0.39 is 54.0 Å². The van der Waals surface area contributed by atoms with Crippen molar-refractivity contribution in [1.29, 1.82) is 0 Å². The molecule has 1 aromatic rings. The number of benzene rings is 1. The highest BCUT2D eigenvalue weighted by molar-refractivity contribution is 5.94. The van der Waals surface area contributed by atoms with Gasteiger partial charge < -0.3 is 31.5 Å². The maximum Gasteiger partial charge on any atom is 0.328 e. The quantitative estimate of drug-likeness (QED) is 0.301. The molecule has 0 spiro atoms. The number of nitrogens with two attached hydrogens (primary N) is 1. The number of carbonyl (C=O) groups is 4. The maximum absolute atomic E-state index is 13.5. The molecule has 1 fully saturated rings. The predicted octanol–water partition coefficient (Wildman–Crippen LogP) is 0.0285. The summed E-state index contributed by atoms with van der Waals surface area (Å²) in [5, 5.41) is 24.0. The fourth-order valence-corrected chi connectivity index (χ4v) is 4.02. The third kappa shape index (κ3) is 7.01. The zero-order valence-electron chi connectivity index (χ0n) is 19.9. The van der Waals surface area contributed by atoms with Crippen LogP contribution < -0.4 is 16.4 Å². The lowest BCUT2D eigenvalue weighted by molar-refractivity contribution is -0.147. The van der Waals surface area contributed by atoms with E-state index in [0.29, 0.717) is 32.2 Å². The van der Waals surface area contributed by atoms with Crippen LogP contribution >= 0.6 is 0 Å². The highest BCUT2D eigenvalue weighted by Gasteiger charge is 2.40. The lowest BCUT2D eigenvalue weighted by Crippen LogP contribution is -2.59. The molecule has 34 heavy (non-hydrogen) atoms. The minimum absolute atomic E-state index is 0.214. The van der Waals surface area contributed by atoms with Gasteiger partial charge in [0, 0.05) is 6.54 Å². The molecule has 1 heterocycles. The number of carboxylic acid groups (broad SMARTS) is 1. The Balaban J connectivity index is 2.12. The molecule has 10 nitrogen and oxygen atoms in total. The van der Waals surface area contributed by atoms with Crippen molar-refractivity contribution in [3.63, 3.8) is 0 Å². The first-order valence-corrected chi connectivity index (χ1v) is 11.7. The smallest absolute Gasteiger partial charge is 0.328 e. The van der Waals surface area contributed by atoms with E-state index in [2.05, 4.69) is 10.6 Å². The summed E-state index contributed by atoms with van der Waals surface area (Å²) in [5.41, 5.74) is 7.00. The van der Waals surface area contributed by atoms with E-state index in [-0.39, 0.29) is 5.92 Å². The predicted molar refractivity (Wildman–Crippen MR) is 125 cm³/mol. The summed E-state index contributed by atoms with van der Waals surface area (Å²) in [4.78, 5) is 51.8. The molecule has 6 atom stereocenters. The molecule has 1 aromatic carbocycles. The number of aliphatic carboxylic acids is 1. The van der Waals surface area contributed by atoms with Gasteiger partial charge in [-0.2, -0.15) is 0 Å². The Kier molecular flexibility index (Phi) is 10.0. The molecule has 1 aliphatic rings. The fraction of sp³-hybridized carbons (Fsp3) is 0.583. The van der Waals surface area contributed by atoms with Crippen molar-refractivity contribution in [2.75, 3.05) is 6.54 Å². The number of hydrogen-bond acceptors (Lipinski definition) is 6. The number of carboxylic acids is 1.